The Morgan fingerprint density at radius 1 is 1.16 bits per heavy atom. The average molecular weight is 418 g/mol. The molecule has 0 radical (unpaired) electrons. The number of carbonyl (C=O) groups is 2. The Bertz CT molecular complexity index is 1150. The van der Waals surface area contributed by atoms with E-state index in [0.29, 0.717) is 5.92 Å². The van der Waals surface area contributed by atoms with Gasteiger partial charge in [0, 0.05) is 29.3 Å². The van der Waals surface area contributed by atoms with Gasteiger partial charge in [-0.05, 0) is 54.2 Å². The number of aromatic nitrogens is 1. The summed E-state index contributed by atoms with van der Waals surface area (Å²) in [5.41, 5.74) is 11.7. The summed E-state index contributed by atoms with van der Waals surface area (Å²) in [6.45, 7) is 6.41. The predicted molar refractivity (Wildman–Crippen MR) is 124 cm³/mol. The van der Waals surface area contributed by atoms with Crippen molar-refractivity contribution in [1.82, 2.24) is 10.3 Å². The van der Waals surface area contributed by atoms with E-state index in [1.54, 1.807) is 6.08 Å². The molecule has 0 atom stereocenters. The number of benzene rings is 2. The van der Waals surface area contributed by atoms with Crippen LogP contribution in [-0.4, -0.2) is 22.1 Å². The summed E-state index contributed by atoms with van der Waals surface area (Å²) in [5, 5.41) is 12.7. The van der Waals surface area contributed by atoms with Crippen molar-refractivity contribution < 1.29 is 14.7 Å². The van der Waals surface area contributed by atoms with Crippen LogP contribution in [0.4, 0.5) is 4.79 Å². The summed E-state index contributed by atoms with van der Waals surface area (Å²) in [5.74, 6) is -0.159. The fraction of sp³-hybridized carbons (Fsp3) is 0.240. The number of nitrogens with two attached hydrogens (primary N) is 1. The maximum absolute atomic E-state index is 11.3. The Balaban J connectivity index is 2.33. The predicted octanol–water partition coefficient (Wildman–Crippen LogP) is 4.67. The number of aryl methyl sites for hydroxylation is 1. The van der Waals surface area contributed by atoms with E-state index < -0.39 is 12.0 Å². The average Bonchev–Trinajstić information content (AvgIpc) is 2.70. The molecule has 0 saturated carbocycles. The van der Waals surface area contributed by atoms with Gasteiger partial charge in [-0.1, -0.05) is 49.7 Å². The zero-order chi connectivity index (χ0) is 22.5. The van der Waals surface area contributed by atoms with Crippen LogP contribution in [0.15, 0.2) is 48.5 Å². The van der Waals surface area contributed by atoms with Crippen molar-refractivity contribution in [3.8, 4) is 11.1 Å². The lowest BCUT2D eigenvalue weighted by Crippen LogP contribution is -2.22. The molecule has 160 valence electrons. The zero-order valence-electron chi connectivity index (χ0n) is 18.0. The summed E-state index contributed by atoms with van der Waals surface area (Å²) >= 11 is 0. The lowest BCUT2D eigenvalue weighted by Gasteiger charge is -2.19. The highest BCUT2D eigenvalue weighted by molar-refractivity contribution is 5.98. The third-order valence-electron chi connectivity index (χ3n) is 4.99. The van der Waals surface area contributed by atoms with E-state index in [1.165, 1.54) is 6.08 Å². The Hall–Kier alpha value is -3.67. The first-order valence-corrected chi connectivity index (χ1v) is 10.2. The number of carboxylic acid groups (broad SMARTS) is 1. The van der Waals surface area contributed by atoms with Crippen LogP contribution in [0.1, 0.15) is 36.2 Å². The number of primary amides is 1. The van der Waals surface area contributed by atoms with E-state index in [4.69, 9.17) is 10.7 Å². The molecule has 0 spiro atoms. The molecule has 4 N–H and O–H groups in total. The number of rotatable bonds is 7. The van der Waals surface area contributed by atoms with Crippen molar-refractivity contribution in [1.29, 1.82) is 0 Å². The monoisotopic (exact) mass is 417 g/mol. The van der Waals surface area contributed by atoms with E-state index in [2.05, 4.69) is 19.2 Å². The Labute approximate surface area is 181 Å². The van der Waals surface area contributed by atoms with Gasteiger partial charge in [0.2, 0.25) is 5.91 Å². The van der Waals surface area contributed by atoms with E-state index >= 15 is 0 Å². The first-order chi connectivity index (χ1) is 14.7. The van der Waals surface area contributed by atoms with Crippen LogP contribution in [0.2, 0.25) is 0 Å². The molecule has 0 fully saturated rings. The molecule has 1 heterocycles. The third-order valence-corrected chi connectivity index (χ3v) is 4.99. The van der Waals surface area contributed by atoms with Crippen LogP contribution in [0.3, 0.4) is 0 Å². The lowest BCUT2D eigenvalue weighted by atomic mass is 9.90. The van der Waals surface area contributed by atoms with E-state index in [1.807, 2.05) is 49.4 Å². The van der Waals surface area contributed by atoms with Crippen molar-refractivity contribution in [2.45, 2.75) is 33.7 Å². The van der Waals surface area contributed by atoms with Crippen LogP contribution in [0, 0.1) is 12.8 Å². The Morgan fingerprint density at radius 3 is 2.48 bits per heavy atom. The molecule has 31 heavy (non-hydrogen) atoms. The molecule has 0 aliphatic rings. The molecule has 0 unspecified atom stereocenters. The summed E-state index contributed by atoms with van der Waals surface area (Å²) in [7, 11) is 0. The van der Waals surface area contributed by atoms with Crippen LogP contribution in [0.5, 0.6) is 0 Å². The molecule has 6 nitrogen and oxygen atoms in total. The summed E-state index contributed by atoms with van der Waals surface area (Å²) < 4.78 is 0. The molecule has 3 aromatic rings. The van der Waals surface area contributed by atoms with Gasteiger partial charge in [0.05, 0.1) is 5.52 Å². The third kappa shape index (κ3) is 5.48. The van der Waals surface area contributed by atoms with Gasteiger partial charge in [-0.2, -0.15) is 0 Å². The van der Waals surface area contributed by atoms with Gasteiger partial charge < -0.3 is 16.2 Å². The lowest BCUT2D eigenvalue weighted by molar-refractivity contribution is -0.113. The molecule has 2 aromatic carbocycles. The van der Waals surface area contributed by atoms with E-state index in [0.717, 1.165) is 50.8 Å². The van der Waals surface area contributed by atoms with Gasteiger partial charge in [-0.15, -0.1) is 0 Å². The normalized spacial score (nSPS) is 11.4. The second kappa shape index (κ2) is 9.43. The summed E-state index contributed by atoms with van der Waals surface area (Å²) in [6.07, 6.45) is 2.64. The van der Waals surface area contributed by atoms with Crippen LogP contribution in [0.25, 0.3) is 28.1 Å². The number of hydrogen-bond acceptors (Lipinski definition) is 3. The van der Waals surface area contributed by atoms with Crippen LogP contribution in [-0.2, 0) is 17.8 Å². The smallest absolute Gasteiger partial charge is 0.404 e. The minimum atomic E-state index is -1.08. The van der Waals surface area contributed by atoms with Gasteiger partial charge >= 0.3 is 6.09 Å². The largest absolute Gasteiger partial charge is 0.465 e. The quantitative estimate of drug-likeness (QED) is 0.486. The Kier molecular flexibility index (Phi) is 6.70. The summed E-state index contributed by atoms with van der Waals surface area (Å²) in [6, 6.07) is 13.9. The van der Waals surface area contributed by atoms with Gasteiger partial charge in [0.25, 0.3) is 0 Å². The maximum Gasteiger partial charge on any atom is 0.404 e. The second-order valence-corrected chi connectivity index (χ2v) is 8.05. The SMILES string of the molecule is Cc1ccc(-c2c(CNC(=O)O)c(CC(C)C)nc3ccc(/C=C/C(N)=O)cc23)cc1. The number of fused-ring (bicyclic) bond motifs is 1. The highest BCUT2D eigenvalue weighted by Gasteiger charge is 2.18. The number of amides is 2. The molecule has 3 rings (SSSR count). The van der Waals surface area contributed by atoms with Crippen LogP contribution < -0.4 is 11.1 Å². The van der Waals surface area contributed by atoms with Crippen molar-refractivity contribution in [3.63, 3.8) is 0 Å². The van der Waals surface area contributed by atoms with Gasteiger partial charge in [0.1, 0.15) is 0 Å². The summed E-state index contributed by atoms with van der Waals surface area (Å²) in [4.78, 5) is 27.3. The molecule has 0 bridgehead atoms. The highest BCUT2D eigenvalue weighted by atomic mass is 16.4. The molecule has 0 aliphatic heterocycles. The molecular formula is C25H27N3O3. The van der Waals surface area contributed by atoms with Gasteiger partial charge in [0.15, 0.2) is 0 Å². The van der Waals surface area contributed by atoms with E-state index in [-0.39, 0.29) is 6.54 Å². The maximum atomic E-state index is 11.3. The number of pyridine rings is 1. The molecule has 0 saturated heterocycles. The standard InChI is InChI=1S/C25H27N3O3/c1-15(2)12-22-20(14-27-25(30)31)24(18-8-4-16(3)5-9-18)19-13-17(7-11-23(26)29)6-10-21(19)28-22/h4-11,13,15,27H,12,14H2,1-3H3,(H2,26,29)(H,30,31)/b11-7+. The van der Waals surface area contributed by atoms with Crippen molar-refractivity contribution in [2.75, 3.05) is 0 Å². The molecule has 2 amide bonds. The second-order valence-electron chi connectivity index (χ2n) is 8.05. The fourth-order valence-electron chi connectivity index (χ4n) is 3.61. The minimum Gasteiger partial charge on any atom is -0.465 e. The van der Waals surface area contributed by atoms with Crippen LogP contribution >= 0.6 is 0 Å². The minimum absolute atomic E-state index is 0.158. The zero-order valence-corrected chi connectivity index (χ0v) is 18.0. The number of carbonyl (C=O) groups excluding carboxylic acids is 1. The molecule has 1 aromatic heterocycles. The van der Waals surface area contributed by atoms with Crippen molar-refractivity contribution >= 4 is 29.0 Å². The Morgan fingerprint density at radius 2 is 1.87 bits per heavy atom. The van der Waals surface area contributed by atoms with Gasteiger partial charge in [-0.3, -0.25) is 9.78 Å². The van der Waals surface area contributed by atoms with Gasteiger partial charge in [-0.25, -0.2) is 4.79 Å². The first-order valence-electron chi connectivity index (χ1n) is 10.2. The highest BCUT2D eigenvalue weighted by Crippen LogP contribution is 2.35. The number of nitrogens with one attached hydrogen (secondary N) is 1. The first kappa shape index (κ1) is 22.0. The number of hydrogen-bond donors (Lipinski definition) is 3. The van der Waals surface area contributed by atoms with Crippen molar-refractivity contribution in [2.24, 2.45) is 11.7 Å². The topological polar surface area (TPSA) is 105 Å². The molecular weight excluding hydrogens is 390 g/mol. The molecule has 0 aliphatic carbocycles. The number of nitrogens with zero attached hydrogens (tertiary/aromatic N) is 1. The fourth-order valence-corrected chi connectivity index (χ4v) is 3.61. The van der Waals surface area contributed by atoms with E-state index in [9.17, 15) is 14.7 Å². The molecule has 6 heteroatoms. The van der Waals surface area contributed by atoms with Crippen molar-refractivity contribution in [3.05, 3.63) is 70.9 Å².